The molecule has 0 N–H and O–H groups in total. The van der Waals surface area contributed by atoms with Crippen LogP contribution in [-0.2, 0) is 4.84 Å². The third kappa shape index (κ3) is 1.35. The molecule has 2 aromatic rings. The van der Waals surface area contributed by atoms with Crippen molar-refractivity contribution in [3.63, 3.8) is 0 Å². The Morgan fingerprint density at radius 1 is 1.12 bits per heavy atom. The van der Waals surface area contributed by atoms with Gasteiger partial charge in [-0.3, -0.25) is 4.79 Å². The fourth-order valence-corrected chi connectivity index (χ4v) is 2.20. The normalized spacial score (nSPS) is 15.8. The van der Waals surface area contributed by atoms with E-state index in [1.54, 1.807) is 0 Å². The molecule has 0 saturated carbocycles. The molecule has 0 radical (unpaired) electrons. The molecule has 0 atom stereocenters. The summed E-state index contributed by atoms with van der Waals surface area (Å²) < 4.78 is 0. The molecule has 0 amide bonds. The molecule has 2 aromatic carbocycles. The minimum atomic E-state index is -0.0507. The highest BCUT2D eigenvalue weighted by Gasteiger charge is 2.29. The predicted octanol–water partition coefficient (Wildman–Crippen LogP) is 2.78. The number of oxime groups is 1. The Balaban J connectivity index is 2.31. The lowest BCUT2D eigenvalue weighted by molar-refractivity contribution is 0.105. The first kappa shape index (κ1) is 10.0. The second-order valence-corrected chi connectivity index (χ2v) is 3.90. The Hall–Kier alpha value is -2.16. The summed E-state index contributed by atoms with van der Waals surface area (Å²) in [7, 11) is 0. The van der Waals surface area contributed by atoms with Crippen LogP contribution in [0.5, 0.6) is 0 Å². The first-order valence-corrected chi connectivity index (χ1v) is 5.59. The monoisotopic (exact) mass is 225 g/mol. The molecule has 0 fully saturated rings. The summed E-state index contributed by atoms with van der Waals surface area (Å²) in [4.78, 5) is 17.2. The molecule has 0 bridgehead atoms. The lowest BCUT2D eigenvalue weighted by atomic mass is 10.1. The molecule has 0 unspecified atom stereocenters. The van der Waals surface area contributed by atoms with E-state index in [-0.39, 0.29) is 5.78 Å². The van der Waals surface area contributed by atoms with Crippen LogP contribution in [0.15, 0.2) is 41.6 Å². The molecule has 17 heavy (non-hydrogen) atoms. The van der Waals surface area contributed by atoms with Crippen molar-refractivity contribution >= 4 is 22.3 Å². The first-order chi connectivity index (χ1) is 8.33. The van der Waals surface area contributed by atoms with Crippen molar-refractivity contribution in [3.8, 4) is 0 Å². The van der Waals surface area contributed by atoms with E-state index in [1.165, 1.54) is 0 Å². The number of hydrogen-bond acceptors (Lipinski definition) is 3. The Morgan fingerprint density at radius 2 is 1.82 bits per heavy atom. The van der Waals surface area contributed by atoms with Crippen LogP contribution in [-0.4, -0.2) is 18.1 Å². The van der Waals surface area contributed by atoms with Gasteiger partial charge in [0.05, 0.1) is 0 Å². The van der Waals surface area contributed by atoms with Crippen LogP contribution in [0.3, 0.4) is 0 Å². The standard InChI is InChI=1S/C14H11NO2/c1-2-17-15-13-10-7-3-5-9-6-4-8-11(12(9)10)14(13)16/h3-8H,2H2,1H3. The van der Waals surface area contributed by atoms with Gasteiger partial charge in [0.1, 0.15) is 6.61 Å². The van der Waals surface area contributed by atoms with Crippen LogP contribution in [0, 0.1) is 0 Å². The third-order valence-corrected chi connectivity index (χ3v) is 2.90. The maximum Gasteiger partial charge on any atom is 0.216 e. The second kappa shape index (κ2) is 3.70. The fraction of sp³-hybridized carbons (Fsp3) is 0.143. The van der Waals surface area contributed by atoms with Gasteiger partial charge in [-0.1, -0.05) is 41.6 Å². The number of rotatable bonds is 2. The van der Waals surface area contributed by atoms with Crippen LogP contribution >= 0.6 is 0 Å². The molecule has 3 rings (SSSR count). The molecule has 3 heteroatoms. The summed E-state index contributed by atoms with van der Waals surface area (Å²) in [6, 6.07) is 11.6. The van der Waals surface area contributed by atoms with Crippen LogP contribution in [0.25, 0.3) is 10.8 Å². The molecule has 1 aliphatic rings. The van der Waals surface area contributed by atoms with Crippen molar-refractivity contribution < 1.29 is 9.63 Å². The van der Waals surface area contributed by atoms with E-state index in [0.29, 0.717) is 12.3 Å². The minimum Gasteiger partial charge on any atom is -0.395 e. The van der Waals surface area contributed by atoms with Crippen molar-refractivity contribution in [2.24, 2.45) is 5.16 Å². The van der Waals surface area contributed by atoms with E-state index in [1.807, 2.05) is 43.3 Å². The molecule has 1 aliphatic carbocycles. The zero-order chi connectivity index (χ0) is 11.8. The van der Waals surface area contributed by atoms with Gasteiger partial charge in [-0.25, -0.2) is 0 Å². The van der Waals surface area contributed by atoms with E-state index in [9.17, 15) is 4.79 Å². The fourth-order valence-electron chi connectivity index (χ4n) is 2.20. The summed E-state index contributed by atoms with van der Waals surface area (Å²) >= 11 is 0. The van der Waals surface area contributed by atoms with Gasteiger partial charge < -0.3 is 4.84 Å². The van der Waals surface area contributed by atoms with Gasteiger partial charge >= 0.3 is 0 Å². The van der Waals surface area contributed by atoms with Gasteiger partial charge in [0.2, 0.25) is 5.78 Å². The summed E-state index contributed by atoms with van der Waals surface area (Å²) in [5, 5.41) is 5.98. The third-order valence-electron chi connectivity index (χ3n) is 2.90. The molecule has 84 valence electrons. The first-order valence-electron chi connectivity index (χ1n) is 5.59. The Kier molecular flexibility index (Phi) is 2.18. The van der Waals surface area contributed by atoms with Crippen molar-refractivity contribution in [2.75, 3.05) is 6.61 Å². The topological polar surface area (TPSA) is 38.7 Å². The SMILES string of the molecule is CCON=C1C(=O)c2cccc3cccc1c23. The van der Waals surface area contributed by atoms with Crippen LogP contribution in [0.1, 0.15) is 22.8 Å². The predicted molar refractivity (Wildman–Crippen MR) is 66.4 cm³/mol. The largest absolute Gasteiger partial charge is 0.395 e. The highest BCUT2D eigenvalue weighted by Crippen LogP contribution is 2.30. The Bertz CT molecular complexity index is 638. The van der Waals surface area contributed by atoms with E-state index in [2.05, 4.69) is 5.16 Å². The number of benzene rings is 2. The smallest absolute Gasteiger partial charge is 0.216 e. The van der Waals surface area contributed by atoms with E-state index in [4.69, 9.17) is 4.84 Å². The van der Waals surface area contributed by atoms with Gasteiger partial charge in [-0.2, -0.15) is 0 Å². The van der Waals surface area contributed by atoms with Gasteiger partial charge in [0, 0.05) is 16.5 Å². The number of Topliss-reactive ketones (excluding diaryl/α,β-unsaturated/α-hetero) is 1. The van der Waals surface area contributed by atoms with Gasteiger partial charge in [0.15, 0.2) is 5.71 Å². The average Bonchev–Trinajstić information content (AvgIpc) is 2.64. The summed E-state index contributed by atoms with van der Waals surface area (Å²) in [6.07, 6.45) is 0. The molecular formula is C14H11NO2. The molecule has 0 heterocycles. The Morgan fingerprint density at radius 3 is 2.53 bits per heavy atom. The van der Waals surface area contributed by atoms with Crippen molar-refractivity contribution in [1.29, 1.82) is 0 Å². The molecule has 0 spiro atoms. The van der Waals surface area contributed by atoms with E-state index in [0.717, 1.165) is 21.9 Å². The minimum absolute atomic E-state index is 0.0507. The van der Waals surface area contributed by atoms with E-state index >= 15 is 0 Å². The highest BCUT2D eigenvalue weighted by atomic mass is 16.6. The lowest BCUT2D eigenvalue weighted by Gasteiger charge is -1.99. The number of carbonyl (C=O) groups excluding carboxylic acids is 1. The summed E-state index contributed by atoms with van der Waals surface area (Å²) in [5.74, 6) is -0.0507. The average molecular weight is 225 g/mol. The van der Waals surface area contributed by atoms with Crippen molar-refractivity contribution in [3.05, 3.63) is 47.5 Å². The molecule has 0 saturated heterocycles. The molecule has 0 aliphatic heterocycles. The van der Waals surface area contributed by atoms with Crippen LogP contribution in [0.4, 0.5) is 0 Å². The number of ketones is 1. The number of nitrogens with zero attached hydrogens (tertiary/aromatic N) is 1. The maximum atomic E-state index is 12.2. The zero-order valence-corrected chi connectivity index (χ0v) is 9.43. The highest BCUT2D eigenvalue weighted by molar-refractivity contribution is 6.58. The summed E-state index contributed by atoms with van der Waals surface area (Å²) in [5.41, 5.74) is 2.01. The molecule has 3 nitrogen and oxygen atoms in total. The number of hydrogen-bond donors (Lipinski definition) is 0. The zero-order valence-electron chi connectivity index (χ0n) is 9.43. The maximum absolute atomic E-state index is 12.2. The van der Waals surface area contributed by atoms with Crippen LogP contribution < -0.4 is 0 Å². The quantitative estimate of drug-likeness (QED) is 0.737. The van der Waals surface area contributed by atoms with Crippen LogP contribution in [0.2, 0.25) is 0 Å². The van der Waals surface area contributed by atoms with Gasteiger partial charge in [-0.05, 0) is 12.3 Å². The molecule has 0 aromatic heterocycles. The van der Waals surface area contributed by atoms with Crippen molar-refractivity contribution in [2.45, 2.75) is 6.92 Å². The molecular weight excluding hydrogens is 214 g/mol. The second-order valence-electron chi connectivity index (χ2n) is 3.90. The summed E-state index contributed by atoms with van der Waals surface area (Å²) in [6.45, 7) is 2.31. The van der Waals surface area contributed by atoms with Gasteiger partial charge in [-0.15, -0.1) is 0 Å². The van der Waals surface area contributed by atoms with Gasteiger partial charge in [0.25, 0.3) is 0 Å². The van der Waals surface area contributed by atoms with Crippen molar-refractivity contribution in [1.82, 2.24) is 0 Å². The van der Waals surface area contributed by atoms with E-state index < -0.39 is 0 Å². The Labute approximate surface area is 98.7 Å². The lowest BCUT2D eigenvalue weighted by Crippen LogP contribution is -2.09. The number of carbonyl (C=O) groups is 1.